The maximum Gasteiger partial charge on any atom is 0.269 e. The maximum atomic E-state index is 11.0. The van der Waals surface area contributed by atoms with Crippen molar-refractivity contribution in [3.63, 3.8) is 0 Å². The molecule has 0 aliphatic heterocycles. The summed E-state index contributed by atoms with van der Waals surface area (Å²) in [5, 5.41) is 29.7. The molecule has 8 heteroatoms. The maximum absolute atomic E-state index is 11.0. The second-order valence-corrected chi connectivity index (χ2v) is 7.28. The first-order valence-electron chi connectivity index (χ1n) is 9.04. The van der Waals surface area contributed by atoms with Crippen molar-refractivity contribution in [2.75, 3.05) is 0 Å². The normalized spacial score (nSPS) is 10.5. The average Bonchev–Trinajstić information content (AvgIpc) is 3.22. The minimum absolute atomic E-state index is 0.0206. The summed E-state index contributed by atoms with van der Waals surface area (Å²) in [6, 6.07) is 25.6. The summed E-state index contributed by atoms with van der Waals surface area (Å²) in [4.78, 5) is 10.5. The van der Waals surface area contributed by atoms with Gasteiger partial charge < -0.3 is 0 Å². The number of hydrogen-bond donors (Lipinski definition) is 0. The summed E-state index contributed by atoms with van der Waals surface area (Å²) >= 11 is 1.48. The fourth-order valence-corrected chi connectivity index (χ4v) is 3.95. The highest BCUT2D eigenvalue weighted by atomic mass is 32.2. The van der Waals surface area contributed by atoms with Gasteiger partial charge >= 0.3 is 0 Å². The van der Waals surface area contributed by atoms with E-state index in [9.17, 15) is 15.4 Å². The third kappa shape index (κ3) is 3.92. The first kappa shape index (κ1) is 19.4. The molecule has 4 rings (SSSR count). The van der Waals surface area contributed by atoms with Gasteiger partial charge in [-0.15, -0.1) is 10.2 Å². The Labute approximate surface area is 176 Å². The fraction of sp³-hybridized carbons (Fsp3) is 0.0455. The number of nitro groups is 1. The third-order valence-corrected chi connectivity index (χ3v) is 5.46. The van der Waals surface area contributed by atoms with Crippen LogP contribution in [0.4, 0.5) is 5.69 Å². The van der Waals surface area contributed by atoms with Gasteiger partial charge in [-0.1, -0.05) is 48.2 Å². The largest absolute Gasteiger partial charge is 0.270 e. The van der Waals surface area contributed by atoms with Gasteiger partial charge in [0.15, 0.2) is 11.0 Å². The van der Waals surface area contributed by atoms with E-state index in [1.165, 1.54) is 23.9 Å². The molecule has 0 spiro atoms. The van der Waals surface area contributed by atoms with E-state index in [2.05, 4.69) is 16.3 Å². The number of nitro benzene ring substituents is 1. The first-order chi connectivity index (χ1) is 14.7. The Morgan fingerprint density at radius 3 is 2.37 bits per heavy atom. The Bertz CT molecular complexity index is 1230. The predicted molar refractivity (Wildman–Crippen MR) is 114 cm³/mol. The lowest BCUT2D eigenvalue weighted by Crippen LogP contribution is -2.00. The van der Waals surface area contributed by atoms with E-state index in [1.54, 1.807) is 18.2 Å². The van der Waals surface area contributed by atoms with Gasteiger partial charge in [-0.2, -0.15) is 5.26 Å². The Balaban J connectivity index is 1.73. The topological polar surface area (TPSA) is 97.6 Å². The van der Waals surface area contributed by atoms with Crippen molar-refractivity contribution >= 4 is 17.4 Å². The summed E-state index contributed by atoms with van der Waals surface area (Å²) in [6.07, 6.45) is 0. The van der Waals surface area contributed by atoms with Crippen LogP contribution in [0, 0.1) is 21.4 Å². The van der Waals surface area contributed by atoms with Crippen LogP contribution < -0.4 is 0 Å². The van der Waals surface area contributed by atoms with Crippen LogP contribution in [0.3, 0.4) is 0 Å². The fourth-order valence-electron chi connectivity index (χ4n) is 2.99. The van der Waals surface area contributed by atoms with Crippen LogP contribution in [0.1, 0.15) is 11.1 Å². The molecule has 0 saturated carbocycles. The van der Waals surface area contributed by atoms with E-state index >= 15 is 0 Å². The van der Waals surface area contributed by atoms with Gasteiger partial charge in [-0.05, 0) is 35.9 Å². The van der Waals surface area contributed by atoms with Crippen LogP contribution in [0.2, 0.25) is 0 Å². The summed E-state index contributed by atoms with van der Waals surface area (Å²) < 4.78 is 1.92. The molecule has 146 valence electrons. The number of benzene rings is 3. The molecule has 1 heterocycles. The van der Waals surface area contributed by atoms with Crippen molar-refractivity contribution in [1.29, 1.82) is 5.26 Å². The smallest absolute Gasteiger partial charge is 0.269 e. The highest BCUT2D eigenvalue weighted by molar-refractivity contribution is 7.98. The van der Waals surface area contributed by atoms with Crippen LogP contribution in [0.5, 0.6) is 0 Å². The molecule has 0 radical (unpaired) electrons. The minimum atomic E-state index is -0.431. The van der Waals surface area contributed by atoms with Crippen molar-refractivity contribution in [1.82, 2.24) is 14.8 Å². The number of non-ortho nitro benzene ring substituents is 1. The van der Waals surface area contributed by atoms with Crippen molar-refractivity contribution in [3.05, 3.63) is 100 Å². The molecule has 0 N–H and O–H groups in total. The quantitative estimate of drug-likeness (QED) is 0.250. The van der Waals surface area contributed by atoms with E-state index < -0.39 is 4.92 Å². The second kappa shape index (κ2) is 8.59. The van der Waals surface area contributed by atoms with Crippen LogP contribution >= 0.6 is 11.8 Å². The molecule has 0 atom stereocenters. The zero-order valence-corrected chi connectivity index (χ0v) is 16.5. The molecular formula is C22H15N5O2S. The standard InChI is InChI=1S/C22H15N5O2S/c23-14-17-6-4-5-7-18(17)15-30-22-25-24-21(26(22)19-8-2-1-3-9-19)16-10-12-20(13-11-16)27(28)29/h1-13H,15H2. The number of nitrogens with zero attached hydrogens (tertiary/aromatic N) is 5. The summed E-state index contributed by atoms with van der Waals surface area (Å²) in [6.45, 7) is 0. The first-order valence-corrected chi connectivity index (χ1v) is 10.0. The van der Waals surface area contributed by atoms with Gasteiger partial charge in [0, 0.05) is 29.1 Å². The Morgan fingerprint density at radius 1 is 0.967 bits per heavy atom. The van der Waals surface area contributed by atoms with Gasteiger partial charge in [0.05, 0.1) is 16.6 Å². The number of thioether (sulfide) groups is 1. The van der Waals surface area contributed by atoms with Crippen LogP contribution in [-0.2, 0) is 5.75 Å². The van der Waals surface area contributed by atoms with Gasteiger partial charge in [0.25, 0.3) is 5.69 Å². The molecule has 0 aliphatic carbocycles. The molecule has 0 bridgehead atoms. The zero-order chi connectivity index (χ0) is 20.9. The molecule has 7 nitrogen and oxygen atoms in total. The van der Waals surface area contributed by atoms with Crippen LogP contribution in [-0.4, -0.2) is 19.7 Å². The van der Waals surface area contributed by atoms with E-state index in [4.69, 9.17) is 0 Å². The molecule has 3 aromatic carbocycles. The van der Waals surface area contributed by atoms with Crippen LogP contribution in [0.15, 0.2) is 84.0 Å². The lowest BCUT2D eigenvalue weighted by Gasteiger charge is -2.10. The number of hydrogen-bond acceptors (Lipinski definition) is 6. The number of rotatable bonds is 6. The van der Waals surface area contributed by atoms with E-state index in [1.807, 2.05) is 53.1 Å². The molecular weight excluding hydrogens is 398 g/mol. The van der Waals surface area contributed by atoms with Gasteiger partial charge in [0.2, 0.25) is 0 Å². The van der Waals surface area contributed by atoms with Gasteiger partial charge in [-0.3, -0.25) is 14.7 Å². The molecule has 0 saturated heterocycles. The van der Waals surface area contributed by atoms with E-state index in [0.29, 0.717) is 22.3 Å². The average molecular weight is 413 g/mol. The predicted octanol–water partition coefficient (Wildman–Crippen LogP) is 5.01. The molecule has 0 fully saturated rings. The van der Waals surface area contributed by atoms with Crippen molar-refractivity contribution in [3.8, 4) is 23.1 Å². The molecule has 30 heavy (non-hydrogen) atoms. The second-order valence-electron chi connectivity index (χ2n) is 6.34. The van der Waals surface area contributed by atoms with Crippen molar-refractivity contribution in [2.45, 2.75) is 10.9 Å². The zero-order valence-electron chi connectivity index (χ0n) is 15.7. The Hall–Kier alpha value is -3.96. The highest BCUT2D eigenvalue weighted by Crippen LogP contribution is 2.31. The summed E-state index contributed by atoms with van der Waals surface area (Å²) in [5.74, 6) is 1.15. The van der Waals surface area contributed by atoms with Crippen molar-refractivity contribution in [2.24, 2.45) is 0 Å². The minimum Gasteiger partial charge on any atom is -0.270 e. The number of nitriles is 1. The lowest BCUT2D eigenvalue weighted by molar-refractivity contribution is -0.384. The van der Waals surface area contributed by atoms with Crippen LogP contribution in [0.25, 0.3) is 17.1 Å². The molecule has 1 aromatic heterocycles. The van der Waals surface area contributed by atoms with Gasteiger partial charge in [0.1, 0.15) is 0 Å². The molecule has 4 aromatic rings. The Morgan fingerprint density at radius 2 is 1.67 bits per heavy atom. The van der Waals surface area contributed by atoms with Crippen molar-refractivity contribution < 1.29 is 4.92 Å². The van der Waals surface area contributed by atoms with E-state index in [0.717, 1.165) is 16.8 Å². The van der Waals surface area contributed by atoms with Gasteiger partial charge in [-0.25, -0.2) is 0 Å². The number of aromatic nitrogens is 3. The summed E-state index contributed by atoms with van der Waals surface area (Å²) in [7, 11) is 0. The molecule has 0 aliphatic rings. The number of para-hydroxylation sites is 1. The highest BCUT2D eigenvalue weighted by Gasteiger charge is 2.17. The monoisotopic (exact) mass is 413 g/mol. The van der Waals surface area contributed by atoms with E-state index in [-0.39, 0.29) is 5.69 Å². The third-order valence-electron chi connectivity index (χ3n) is 4.48. The molecule has 0 amide bonds. The molecule has 0 unspecified atom stereocenters. The SMILES string of the molecule is N#Cc1ccccc1CSc1nnc(-c2ccc([N+](=O)[O-])cc2)n1-c1ccccc1. The lowest BCUT2D eigenvalue weighted by atomic mass is 10.1. The summed E-state index contributed by atoms with van der Waals surface area (Å²) in [5.41, 5.74) is 3.18. The Kier molecular flexibility index (Phi) is 5.54.